The predicted molar refractivity (Wildman–Crippen MR) is 58.9 cm³/mol. The topological polar surface area (TPSA) is 50.7 Å². The van der Waals surface area contributed by atoms with Crippen molar-refractivity contribution < 1.29 is 14.6 Å². The van der Waals surface area contributed by atoms with Crippen molar-refractivity contribution in [2.24, 2.45) is 5.92 Å². The van der Waals surface area contributed by atoms with Gasteiger partial charge in [0.2, 0.25) is 0 Å². The third-order valence-corrected chi connectivity index (χ3v) is 3.10. The second-order valence-electron chi connectivity index (χ2n) is 4.41. The Bertz CT molecular complexity index is 167. The molecule has 4 heteroatoms. The number of hydrogen-bond acceptors (Lipinski definition) is 4. The fourth-order valence-electron chi connectivity index (χ4n) is 1.87. The molecule has 1 aliphatic rings. The summed E-state index contributed by atoms with van der Waals surface area (Å²) < 4.78 is 10.2. The van der Waals surface area contributed by atoms with Gasteiger partial charge < -0.3 is 19.9 Å². The van der Waals surface area contributed by atoms with E-state index >= 15 is 0 Å². The maximum Gasteiger partial charge on any atom is 0.0682 e. The van der Waals surface area contributed by atoms with Gasteiger partial charge in [-0.1, -0.05) is 0 Å². The molecule has 0 spiro atoms. The first-order valence-electron chi connectivity index (χ1n) is 5.66. The van der Waals surface area contributed by atoms with Gasteiger partial charge in [0.05, 0.1) is 18.8 Å². The third-order valence-electron chi connectivity index (χ3n) is 3.10. The average Bonchev–Trinajstić information content (AvgIpc) is 2.70. The average molecular weight is 217 g/mol. The second-order valence-corrected chi connectivity index (χ2v) is 4.41. The van der Waals surface area contributed by atoms with Crippen molar-refractivity contribution in [1.29, 1.82) is 0 Å². The van der Waals surface area contributed by atoms with Gasteiger partial charge in [0.25, 0.3) is 0 Å². The quantitative estimate of drug-likeness (QED) is 0.606. The Kier molecular flexibility index (Phi) is 5.53. The third kappa shape index (κ3) is 4.47. The van der Waals surface area contributed by atoms with Crippen molar-refractivity contribution in [3.63, 3.8) is 0 Å². The van der Waals surface area contributed by atoms with E-state index in [-0.39, 0.29) is 0 Å². The molecule has 0 aromatic carbocycles. The number of rotatable bonds is 7. The summed E-state index contributed by atoms with van der Waals surface area (Å²) in [6.07, 6.45) is 1.75. The van der Waals surface area contributed by atoms with E-state index in [0.29, 0.717) is 19.1 Å². The maximum absolute atomic E-state index is 10.2. The van der Waals surface area contributed by atoms with Crippen molar-refractivity contribution in [2.75, 3.05) is 40.0 Å². The van der Waals surface area contributed by atoms with Gasteiger partial charge in [-0.05, 0) is 26.3 Å². The summed E-state index contributed by atoms with van der Waals surface area (Å²) in [5.41, 5.74) is -0.601. The minimum absolute atomic E-state index is 0.293. The Labute approximate surface area is 92.0 Å². The van der Waals surface area contributed by atoms with Crippen LogP contribution in [0.4, 0.5) is 0 Å². The van der Waals surface area contributed by atoms with E-state index in [1.807, 2.05) is 6.92 Å². The number of ether oxygens (including phenoxy) is 2. The fraction of sp³-hybridized carbons (Fsp3) is 1.00. The van der Waals surface area contributed by atoms with E-state index < -0.39 is 5.60 Å². The van der Waals surface area contributed by atoms with Gasteiger partial charge in [-0.3, -0.25) is 0 Å². The molecule has 0 aliphatic carbocycles. The van der Waals surface area contributed by atoms with E-state index in [0.717, 1.165) is 32.5 Å². The van der Waals surface area contributed by atoms with Crippen LogP contribution < -0.4 is 5.32 Å². The molecule has 0 aromatic heterocycles. The Balaban J connectivity index is 2.12. The van der Waals surface area contributed by atoms with E-state index in [4.69, 9.17) is 9.47 Å². The number of methoxy groups -OCH3 is 1. The molecule has 15 heavy (non-hydrogen) atoms. The molecule has 2 unspecified atom stereocenters. The molecule has 0 amide bonds. The molecule has 4 nitrogen and oxygen atoms in total. The molecule has 0 aromatic rings. The second kappa shape index (κ2) is 6.43. The molecule has 1 fully saturated rings. The highest BCUT2D eigenvalue weighted by atomic mass is 16.5. The van der Waals surface area contributed by atoms with Crippen LogP contribution in [-0.2, 0) is 9.47 Å². The lowest BCUT2D eigenvalue weighted by Gasteiger charge is -2.29. The van der Waals surface area contributed by atoms with Crippen LogP contribution in [0, 0.1) is 5.92 Å². The van der Waals surface area contributed by atoms with Gasteiger partial charge in [-0.15, -0.1) is 0 Å². The van der Waals surface area contributed by atoms with Crippen LogP contribution in [0.15, 0.2) is 0 Å². The molecule has 1 saturated heterocycles. The van der Waals surface area contributed by atoms with Crippen LogP contribution in [0.2, 0.25) is 0 Å². The number of hydrogen-bond donors (Lipinski definition) is 2. The Hall–Kier alpha value is -0.160. The summed E-state index contributed by atoms with van der Waals surface area (Å²) in [5, 5.41) is 13.5. The summed E-state index contributed by atoms with van der Waals surface area (Å²) >= 11 is 0. The Morgan fingerprint density at radius 2 is 2.33 bits per heavy atom. The first-order valence-corrected chi connectivity index (χ1v) is 5.66. The lowest BCUT2D eigenvalue weighted by molar-refractivity contribution is -0.0119. The predicted octanol–water partition coefficient (Wildman–Crippen LogP) is 0.400. The maximum atomic E-state index is 10.2. The van der Waals surface area contributed by atoms with Crippen LogP contribution >= 0.6 is 0 Å². The molecule has 90 valence electrons. The highest BCUT2D eigenvalue weighted by molar-refractivity contribution is 4.85. The van der Waals surface area contributed by atoms with Crippen LogP contribution in [0.25, 0.3) is 0 Å². The van der Waals surface area contributed by atoms with Crippen molar-refractivity contribution in [2.45, 2.75) is 25.4 Å². The molecular formula is C11H23NO3. The van der Waals surface area contributed by atoms with Gasteiger partial charge in [-0.25, -0.2) is 0 Å². The molecule has 2 N–H and O–H groups in total. The standard InChI is InChI=1S/C11H23NO3/c1-11(13,10-3-7-15-9-10)4-5-12-6-8-14-2/h10,12-13H,3-9H2,1-2H3. The van der Waals surface area contributed by atoms with Crippen molar-refractivity contribution in [1.82, 2.24) is 5.32 Å². The molecule has 1 heterocycles. The van der Waals surface area contributed by atoms with E-state index in [2.05, 4.69) is 5.32 Å². The molecule has 2 atom stereocenters. The summed E-state index contributed by atoms with van der Waals surface area (Å²) in [7, 11) is 1.69. The zero-order chi connectivity index (χ0) is 11.1. The largest absolute Gasteiger partial charge is 0.390 e. The van der Waals surface area contributed by atoms with E-state index in [9.17, 15) is 5.11 Å². The summed E-state index contributed by atoms with van der Waals surface area (Å²) in [6.45, 7) is 5.78. The lowest BCUT2D eigenvalue weighted by Crippen LogP contribution is -2.38. The van der Waals surface area contributed by atoms with Crippen LogP contribution in [-0.4, -0.2) is 50.7 Å². The normalized spacial score (nSPS) is 25.4. The van der Waals surface area contributed by atoms with Gasteiger partial charge in [0.15, 0.2) is 0 Å². The van der Waals surface area contributed by atoms with Crippen molar-refractivity contribution >= 4 is 0 Å². The van der Waals surface area contributed by atoms with Crippen molar-refractivity contribution in [3.05, 3.63) is 0 Å². The summed E-state index contributed by atoms with van der Waals surface area (Å²) in [4.78, 5) is 0. The minimum Gasteiger partial charge on any atom is -0.390 e. The zero-order valence-electron chi connectivity index (χ0n) is 9.79. The van der Waals surface area contributed by atoms with Crippen LogP contribution in [0.1, 0.15) is 19.8 Å². The Morgan fingerprint density at radius 3 is 2.93 bits per heavy atom. The molecule has 1 aliphatic heterocycles. The SMILES string of the molecule is COCCNCCC(C)(O)C1CCOC1. The monoisotopic (exact) mass is 217 g/mol. The van der Waals surface area contributed by atoms with Gasteiger partial charge >= 0.3 is 0 Å². The summed E-state index contributed by atoms with van der Waals surface area (Å²) in [5.74, 6) is 0.293. The highest BCUT2D eigenvalue weighted by Gasteiger charge is 2.33. The van der Waals surface area contributed by atoms with Gasteiger partial charge in [-0.2, -0.15) is 0 Å². The molecule has 0 radical (unpaired) electrons. The number of aliphatic hydroxyl groups is 1. The smallest absolute Gasteiger partial charge is 0.0682 e. The van der Waals surface area contributed by atoms with Crippen LogP contribution in [0.5, 0.6) is 0 Å². The molecule has 0 bridgehead atoms. The highest BCUT2D eigenvalue weighted by Crippen LogP contribution is 2.27. The van der Waals surface area contributed by atoms with E-state index in [1.165, 1.54) is 0 Å². The fourth-order valence-corrected chi connectivity index (χ4v) is 1.87. The first kappa shape index (κ1) is 12.9. The van der Waals surface area contributed by atoms with Gasteiger partial charge in [0, 0.05) is 26.2 Å². The van der Waals surface area contributed by atoms with E-state index in [1.54, 1.807) is 7.11 Å². The Morgan fingerprint density at radius 1 is 1.53 bits per heavy atom. The van der Waals surface area contributed by atoms with Gasteiger partial charge in [0.1, 0.15) is 0 Å². The van der Waals surface area contributed by atoms with Crippen molar-refractivity contribution in [3.8, 4) is 0 Å². The summed E-state index contributed by atoms with van der Waals surface area (Å²) in [6, 6.07) is 0. The first-order chi connectivity index (χ1) is 7.17. The molecule has 1 rings (SSSR count). The molecule has 0 saturated carbocycles. The zero-order valence-corrected chi connectivity index (χ0v) is 9.79. The van der Waals surface area contributed by atoms with Crippen LogP contribution in [0.3, 0.4) is 0 Å². The number of nitrogens with one attached hydrogen (secondary N) is 1. The minimum atomic E-state index is -0.601. The lowest BCUT2D eigenvalue weighted by atomic mass is 9.86. The molecular weight excluding hydrogens is 194 g/mol.